The second-order valence-electron chi connectivity index (χ2n) is 6.79. The molecule has 3 rings (SSSR count). The minimum atomic E-state index is -0.499. The number of pyridine rings is 1. The second-order valence-corrected chi connectivity index (χ2v) is 7.23. The average Bonchev–Trinajstić information content (AvgIpc) is 2.71. The number of aromatic nitrogens is 1. The zero-order valence-corrected chi connectivity index (χ0v) is 16.5. The molecule has 2 unspecified atom stereocenters. The number of hydrogen-bond donors (Lipinski definition) is 2. The standard InChI is InChI=1S/C22H23ClN2O3/c1-28-12-4-6-19-18(15-8-10-17(23)11-9-15)13-16(14-24-19)22(27)25-20-5-2-3-7-21(20)26/h8-11,13-14,20-21,26H,2-3,5,7,12H2,1H3,(H,25,27). The van der Waals surface area contributed by atoms with Crippen LogP contribution in [0.15, 0.2) is 36.5 Å². The molecule has 1 amide bonds. The third-order valence-corrected chi connectivity index (χ3v) is 5.03. The maximum absolute atomic E-state index is 12.7. The summed E-state index contributed by atoms with van der Waals surface area (Å²) >= 11 is 6.00. The molecule has 2 atom stereocenters. The number of methoxy groups -OCH3 is 1. The van der Waals surface area contributed by atoms with Gasteiger partial charge in [-0.2, -0.15) is 0 Å². The number of nitrogens with zero attached hydrogens (tertiary/aromatic N) is 1. The maximum Gasteiger partial charge on any atom is 0.253 e. The molecule has 1 aliphatic carbocycles. The first-order valence-corrected chi connectivity index (χ1v) is 9.69. The molecule has 1 saturated carbocycles. The van der Waals surface area contributed by atoms with Gasteiger partial charge in [0.15, 0.2) is 0 Å². The molecule has 1 heterocycles. The lowest BCUT2D eigenvalue weighted by molar-refractivity contribution is 0.0717. The molecule has 0 radical (unpaired) electrons. The number of carbonyl (C=O) groups is 1. The van der Waals surface area contributed by atoms with Crippen molar-refractivity contribution in [3.05, 3.63) is 52.8 Å². The zero-order chi connectivity index (χ0) is 19.9. The summed E-state index contributed by atoms with van der Waals surface area (Å²) in [6.07, 6.45) is 4.51. The molecule has 146 valence electrons. The Hall–Kier alpha value is -2.39. The van der Waals surface area contributed by atoms with Gasteiger partial charge in [-0.3, -0.25) is 4.79 Å². The molecule has 0 aliphatic heterocycles. The van der Waals surface area contributed by atoms with E-state index in [9.17, 15) is 9.90 Å². The summed E-state index contributed by atoms with van der Waals surface area (Å²) in [4.78, 5) is 17.1. The van der Waals surface area contributed by atoms with Crippen LogP contribution in [-0.2, 0) is 4.74 Å². The number of rotatable bonds is 4. The van der Waals surface area contributed by atoms with E-state index in [4.69, 9.17) is 16.3 Å². The molecule has 0 saturated heterocycles. The number of aliphatic hydroxyl groups is 1. The fourth-order valence-electron chi connectivity index (χ4n) is 3.26. The van der Waals surface area contributed by atoms with Crippen molar-refractivity contribution in [3.63, 3.8) is 0 Å². The summed E-state index contributed by atoms with van der Waals surface area (Å²) in [5.41, 5.74) is 2.61. The molecule has 0 spiro atoms. The third-order valence-electron chi connectivity index (χ3n) is 4.77. The van der Waals surface area contributed by atoms with E-state index in [0.29, 0.717) is 29.3 Å². The smallest absolute Gasteiger partial charge is 0.253 e. The fourth-order valence-corrected chi connectivity index (χ4v) is 3.39. The molecule has 1 fully saturated rings. The molecule has 2 N–H and O–H groups in total. The normalized spacial score (nSPS) is 18.8. The molecule has 2 aromatic rings. The lowest BCUT2D eigenvalue weighted by atomic mass is 9.92. The molecule has 1 aromatic carbocycles. The van der Waals surface area contributed by atoms with Crippen molar-refractivity contribution in [1.29, 1.82) is 0 Å². The number of amides is 1. The highest BCUT2D eigenvalue weighted by atomic mass is 35.5. The summed E-state index contributed by atoms with van der Waals surface area (Å²) in [7, 11) is 1.58. The van der Waals surface area contributed by atoms with E-state index in [1.54, 1.807) is 25.3 Å². The minimum absolute atomic E-state index is 0.221. The number of carbonyl (C=O) groups excluding carboxylic acids is 1. The Morgan fingerprint density at radius 3 is 2.79 bits per heavy atom. The van der Waals surface area contributed by atoms with Crippen molar-refractivity contribution in [2.75, 3.05) is 13.7 Å². The second kappa shape index (κ2) is 9.70. The monoisotopic (exact) mass is 398 g/mol. The number of ether oxygens (including phenoxy) is 1. The van der Waals surface area contributed by atoms with Gasteiger partial charge in [-0.05, 0) is 42.5 Å². The van der Waals surface area contributed by atoms with E-state index in [0.717, 1.165) is 30.4 Å². The van der Waals surface area contributed by atoms with Crippen LogP contribution in [0.5, 0.6) is 0 Å². The van der Waals surface area contributed by atoms with Gasteiger partial charge < -0.3 is 15.2 Å². The van der Waals surface area contributed by atoms with E-state index in [-0.39, 0.29) is 11.9 Å². The third kappa shape index (κ3) is 5.11. The van der Waals surface area contributed by atoms with Gasteiger partial charge in [0.1, 0.15) is 12.3 Å². The highest BCUT2D eigenvalue weighted by molar-refractivity contribution is 6.30. The van der Waals surface area contributed by atoms with E-state index < -0.39 is 6.10 Å². The highest BCUT2D eigenvalue weighted by Gasteiger charge is 2.25. The van der Waals surface area contributed by atoms with Gasteiger partial charge >= 0.3 is 0 Å². The predicted molar refractivity (Wildman–Crippen MR) is 109 cm³/mol. The number of aliphatic hydroxyl groups excluding tert-OH is 1. The number of halogens is 1. The fraction of sp³-hybridized carbons (Fsp3) is 0.364. The van der Waals surface area contributed by atoms with Gasteiger partial charge in [0.25, 0.3) is 5.91 Å². The summed E-state index contributed by atoms with van der Waals surface area (Å²) in [5.74, 6) is 5.64. The first kappa shape index (κ1) is 20.3. The van der Waals surface area contributed by atoms with Gasteiger partial charge in [-0.1, -0.05) is 42.5 Å². The van der Waals surface area contributed by atoms with Gasteiger partial charge in [0.2, 0.25) is 0 Å². The van der Waals surface area contributed by atoms with Crippen molar-refractivity contribution in [1.82, 2.24) is 10.3 Å². The van der Waals surface area contributed by atoms with Gasteiger partial charge in [-0.25, -0.2) is 4.98 Å². The molecule has 28 heavy (non-hydrogen) atoms. The molecular weight excluding hydrogens is 376 g/mol. The minimum Gasteiger partial charge on any atom is -0.391 e. The van der Waals surface area contributed by atoms with Crippen molar-refractivity contribution in [3.8, 4) is 23.0 Å². The summed E-state index contributed by atoms with van der Waals surface area (Å²) in [6, 6.07) is 8.86. The van der Waals surface area contributed by atoms with E-state index >= 15 is 0 Å². The number of nitrogens with one attached hydrogen (secondary N) is 1. The number of benzene rings is 1. The van der Waals surface area contributed by atoms with E-state index in [1.807, 2.05) is 12.1 Å². The molecule has 0 bridgehead atoms. The van der Waals surface area contributed by atoms with Crippen LogP contribution in [0.25, 0.3) is 11.1 Å². The Bertz CT molecular complexity index is 887. The summed E-state index contributed by atoms with van der Waals surface area (Å²) in [5, 5.41) is 13.7. The molecule has 5 nitrogen and oxygen atoms in total. The first-order valence-electron chi connectivity index (χ1n) is 9.31. The van der Waals surface area contributed by atoms with Crippen LogP contribution in [0.1, 0.15) is 41.7 Å². The van der Waals surface area contributed by atoms with E-state index in [2.05, 4.69) is 22.1 Å². The zero-order valence-electron chi connectivity index (χ0n) is 15.7. The van der Waals surface area contributed by atoms with Crippen LogP contribution in [0.4, 0.5) is 0 Å². The van der Waals surface area contributed by atoms with Gasteiger partial charge in [-0.15, -0.1) is 0 Å². The van der Waals surface area contributed by atoms with Crippen molar-refractivity contribution >= 4 is 17.5 Å². The van der Waals surface area contributed by atoms with Crippen LogP contribution >= 0.6 is 11.6 Å². The highest BCUT2D eigenvalue weighted by Crippen LogP contribution is 2.25. The maximum atomic E-state index is 12.7. The van der Waals surface area contributed by atoms with Crippen molar-refractivity contribution in [2.24, 2.45) is 0 Å². The SMILES string of the molecule is COCC#Cc1ncc(C(=O)NC2CCCCC2O)cc1-c1ccc(Cl)cc1. The lowest BCUT2D eigenvalue weighted by Crippen LogP contribution is -2.45. The van der Waals surface area contributed by atoms with Crippen LogP contribution in [0, 0.1) is 11.8 Å². The van der Waals surface area contributed by atoms with Gasteiger partial charge in [0, 0.05) is 23.9 Å². The summed E-state index contributed by atoms with van der Waals surface area (Å²) in [6.45, 7) is 0.295. The Balaban J connectivity index is 1.90. The Morgan fingerprint density at radius 1 is 1.32 bits per heavy atom. The first-order chi connectivity index (χ1) is 13.6. The quantitative estimate of drug-likeness (QED) is 0.774. The van der Waals surface area contributed by atoms with E-state index in [1.165, 1.54) is 6.20 Å². The number of hydrogen-bond acceptors (Lipinski definition) is 4. The summed E-state index contributed by atoms with van der Waals surface area (Å²) < 4.78 is 4.97. The largest absolute Gasteiger partial charge is 0.391 e. The van der Waals surface area contributed by atoms with Crippen LogP contribution in [-0.4, -0.2) is 41.9 Å². The Kier molecular flexibility index (Phi) is 7.05. The van der Waals surface area contributed by atoms with Crippen molar-refractivity contribution in [2.45, 2.75) is 37.8 Å². The molecular formula is C22H23ClN2O3. The predicted octanol–water partition coefficient (Wildman–Crippen LogP) is 3.43. The Morgan fingerprint density at radius 2 is 2.07 bits per heavy atom. The molecule has 6 heteroatoms. The van der Waals surface area contributed by atoms with Crippen LogP contribution < -0.4 is 5.32 Å². The average molecular weight is 399 g/mol. The van der Waals surface area contributed by atoms with Crippen LogP contribution in [0.2, 0.25) is 5.02 Å². The lowest BCUT2D eigenvalue weighted by Gasteiger charge is -2.28. The molecule has 1 aromatic heterocycles. The van der Waals surface area contributed by atoms with Crippen molar-refractivity contribution < 1.29 is 14.6 Å². The Labute approximate surface area is 170 Å². The topological polar surface area (TPSA) is 71.5 Å². The molecule has 1 aliphatic rings. The van der Waals surface area contributed by atoms with Crippen LogP contribution in [0.3, 0.4) is 0 Å². The van der Waals surface area contributed by atoms with Gasteiger partial charge in [0.05, 0.1) is 17.7 Å².